The highest BCUT2D eigenvalue weighted by Crippen LogP contribution is 2.44. The molecule has 1 atom stereocenters. The third kappa shape index (κ3) is 7.45. The van der Waals surface area contributed by atoms with E-state index in [-0.39, 0.29) is 0 Å². The van der Waals surface area contributed by atoms with Crippen LogP contribution in [0.4, 0.5) is 0 Å². The van der Waals surface area contributed by atoms with Gasteiger partial charge in [-0.25, -0.2) is 9.59 Å². The predicted octanol–water partition coefficient (Wildman–Crippen LogP) is 4.39. The van der Waals surface area contributed by atoms with Gasteiger partial charge in [-0.05, 0) is 43.3 Å². The number of benzene rings is 2. The molecule has 3 N–H and O–H groups in total. The number of aliphatic carboxylic acids is 2. The van der Waals surface area contributed by atoms with Crippen LogP contribution in [0.25, 0.3) is 0 Å². The first kappa shape index (κ1) is 22.8. The van der Waals surface area contributed by atoms with Gasteiger partial charge in [0.1, 0.15) is 11.5 Å². The Bertz CT molecular complexity index is 871. The van der Waals surface area contributed by atoms with Crippen LogP contribution in [0.15, 0.2) is 54.6 Å². The van der Waals surface area contributed by atoms with Crippen LogP contribution in [0, 0.1) is 0 Å². The van der Waals surface area contributed by atoms with Crippen LogP contribution >= 0.6 is 23.4 Å². The third-order valence-corrected chi connectivity index (χ3v) is 5.45. The second kappa shape index (κ2) is 11.5. The van der Waals surface area contributed by atoms with Crippen molar-refractivity contribution >= 4 is 35.3 Å². The van der Waals surface area contributed by atoms with E-state index in [1.807, 2.05) is 49.1 Å². The predicted molar refractivity (Wildman–Crippen MR) is 115 cm³/mol. The SMILES string of the molecule is CNCCSC1Cc2ccccc2Oc2ccc(Cl)cc21.O=C(O)/C=C\C(=O)O. The molecule has 0 bridgehead atoms. The van der Waals surface area contributed by atoms with Gasteiger partial charge in [-0.3, -0.25) is 0 Å². The minimum absolute atomic E-state index is 0.371. The van der Waals surface area contributed by atoms with E-state index in [1.165, 1.54) is 11.1 Å². The zero-order valence-electron chi connectivity index (χ0n) is 15.8. The minimum Gasteiger partial charge on any atom is -0.478 e. The molecule has 0 spiro atoms. The zero-order chi connectivity index (χ0) is 21.2. The lowest BCUT2D eigenvalue weighted by Gasteiger charge is -2.16. The molecule has 0 aliphatic carbocycles. The van der Waals surface area contributed by atoms with E-state index in [0.717, 1.165) is 35.2 Å². The van der Waals surface area contributed by atoms with Crippen LogP contribution in [0.5, 0.6) is 11.5 Å². The summed E-state index contributed by atoms with van der Waals surface area (Å²) in [5, 5.41) is 20.0. The Kier molecular flexibility index (Phi) is 9.05. The van der Waals surface area contributed by atoms with E-state index in [0.29, 0.717) is 17.4 Å². The van der Waals surface area contributed by atoms with Gasteiger partial charge in [-0.15, -0.1) is 0 Å². The highest BCUT2D eigenvalue weighted by Gasteiger charge is 2.23. The number of rotatable bonds is 6. The maximum atomic E-state index is 9.55. The fraction of sp³-hybridized carbons (Fsp3) is 0.238. The number of hydrogen-bond donors (Lipinski definition) is 3. The van der Waals surface area contributed by atoms with Crippen molar-refractivity contribution in [2.45, 2.75) is 11.7 Å². The van der Waals surface area contributed by atoms with Crippen molar-refractivity contribution in [3.05, 3.63) is 70.8 Å². The summed E-state index contributed by atoms with van der Waals surface area (Å²) in [5.41, 5.74) is 2.45. The third-order valence-electron chi connectivity index (χ3n) is 3.96. The second-order valence-corrected chi connectivity index (χ2v) is 7.82. The molecule has 1 aliphatic rings. The van der Waals surface area contributed by atoms with Gasteiger partial charge in [0.05, 0.1) is 0 Å². The second-order valence-electron chi connectivity index (χ2n) is 6.07. The van der Waals surface area contributed by atoms with Gasteiger partial charge in [0, 0.05) is 40.3 Å². The largest absolute Gasteiger partial charge is 0.478 e. The fourth-order valence-corrected chi connectivity index (χ4v) is 4.11. The van der Waals surface area contributed by atoms with Crippen LogP contribution in [0.1, 0.15) is 16.4 Å². The number of thioether (sulfide) groups is 1. The number of carboxylic acid groups (broad SMARTS) is 2. The number of nitrogens with one attached hydrogen (secondary N) is 1. The number of fused-ring (bicyclic) bond motifs is 2. The average molecular weight is 436 g/mol. The summed E-state index contributed by atoms with van der Waals surface area (Å²) < 4.78 is 6.11. The number of carboxylic acids is 2. The van der Waals surface area contributed by atoms with Crippen molar-refractivity contribution in [1.82, 2.24) is 5.32 Å². The van der Waals surface area contributed by atoms with E-state index < -0.39 is 11.9 Å². The Labute approximate surface area is 178 Å². The van der Waals surface area contributed by atoms with Crippen molar-refractivity contribution in [3.63, 3.8) is 0 Å². The molecule has 8 heteroatoms. The van der Waals surface area contributed by atoms with E-state index in [2.05, 4.69) is 17.4 Å². The number of ether oxygens (including phenoxy) is 1. The van der Waals surface area contributed by atoms with E-state index in [1.54, 1.807) is 0 Å². The van der Waals surface area contributed by atoms with Gasteiger partial charge in [-0.1, -0.05) is 29.8 Å². The van der Waals surface area contributed by atoms with Gasteiger partial charge in [-0.2, -0.15) is 11.8 Å². The highest BCUT2D eigenvalue weighted by molar-refractivity contribution is 7.99. The molecule has 1 aliphatic heterocycles. The van der Waals surface area contributed by atoms with Crippen LogP contribution in [-0.4, -0.2) is 41.5 Å². The van der Waals surface area contributed by atoms with Gasteiger partial charge < -0.3 is 20.3 Å². The molecular weight excluding hydrogens is 414 g/mol. The van der Waals surface area contributed by atoms with Crippen LogP contribution in [0.3, 0.4) is 0 Å². The molecule has 6 nitrogen and oxygen atoms in total. The Balaban J connectivity index is 0.000000321. The normalized spacial score (nSPS) is 14.6. The molecule has 1 unspecified atom stereocenters. The summed E-state index contributed by atoms with van der Waals surface area (Å²) in [6.07, 6.45) is 2.09. The first-order chi connectivity index (χ1) is 13.9. The van der Waals surface area contributed by atoms with Gasteiger partial charge in [0.15, 0.2) is 0 Å². The molecular formula is C21H22ClNO5S. The molecule has 0 radical (unpaired) electrons. The number of halogens is 1. The molecule has 2 aromatic rings. The summed E-state index contributed by atoms with van der Waals surface area (Å²) >= 11 is 8.14. The van der Waals surface area contributed by atoms with Crippen LogP contribution < -0.4 is 10.1 Å². The maximum Gasteiger partial charge on any atom is 0.328 e. The standard InChI is InChI=1S/C17H18ClNOS.C4H4O4/c1-19-8-9-21-17-10-12-4-2-3-5-15(12)20-16-7-6-13(18)11-14(16)17;5-3(6)1-2-4(7)8/h2-7,11,17,19H,8-10H2,1H3;1-2H,(H,5,6)(H,7,8)/b;2-1-. The lowest BCUT2D eigenvalue weighted by Crippen LogP contribution is -2.11. The quantitative estimate of drug-likeness (QED) is 0.457. The Hall–Kier alpha value is -2.48. The van der Waals surface area contributed by atoms with E-state index in [9.17, 15) is 9.59 Å². The number of para-hydroxylation sites is 1. The van der Waals surface area contributed by atoms with Crippen molar-refractivity contribution in [2.75, 3.05) is 19.3 Å². The molecule has 3 rings (SSSR count). The van der Waals surface area contributed by atoms with E-state index in [4.69, 9.17) is 26.6 Å². The smallest absolute Gasteiger partial charge is 0.328 e. The molecule has 0 amide bonds. The molecule has 0 fully saturated rings. The van der Waals surface area contributed by atoms with Crippen molar-refractivity contribution < 1.29 is 24.5 Å². The number of hydrogen-bond acceptors (Lipinski definition) is 5. The summed E-state index contributed by atoms with van der Waals surface area (Å²) in [5.74, 6) is 0.429. The monoisotopic (exact) mass is 435 g/mol. The molecule has 0 saturated carbocycles. The first-order valence-electron chi connectivity index (χ1n) is 8.86. The Morgan fingerprint density at radius 1 is 1.17 bits per heavy atom. The van der Waals surface area contributed by atoms with E-state index >= 15 is 0 Å². The summed E-state index contributed by atoms with van der Waals surface area (Å²) in [6, 6.07) is 14.2. The zero-order valence-corrected chi connectivity index (χ0v) is 17.4. The lowest BCUT2D eigenvalue weighted by molar-refractivity contribution is -0.134. The maximum absolute atomic E-state index is 9.55. The topological polar surface area (TPSA) is 95.9 Å². The number of carbonyl (C=O) groups is 2. The molecule has 29 heavy (non-hydrogen) atoms. The molecule has 2 aromatic carbocycles. The summed E-state index contributed by atoms with van der Waals surface area (Å²) in [4.78, 5) is 19.1. The molecule has 1 heterocycles. The van der Waals surface area contributed by atoms with Gasteiger partial charge in [0.25, 0.3) is 0 Å². The van der Waals surface area contributed by atoms with Gasteiger partial charge in [0.2, 0.25) is 0 Å². The van der Waals surface area contributed by atoms with Crippen LogP contribution in [0.2, 0.25) is 5.02 Å². The fourth-order valence-electron chi connectivity index (χ4n) is 2.66. The van der Waals surface area contributed by atoms with Crippen molar-refractivity contribution in [1.29, 1.82) is 0 Å². The highest BCUT2D eigenvalue weighted by atomic mass is 35.5. The Morgan fingerprint density at radius 2 is 1.86 bits per heavy atom. The van der Waals surface area contributed by atoms with Crippen molar-refractivity contribution in [2.24, 2.45) is 0 Å². The van der Waals surface area contributed by atoms with Gasteiger partial charge >= 0.3 is 11.9 Å². The Morgan fingerprint density at radius 3 is 2.52 bits per heavy atom. The molecule has 0 saturated heterocycles. The minimum atomic E-state index is -1.26. The van der Waals surface area contributed by atoms with Crippen LogP contribution in [-0.2, 0) is 16.0 Å². The van der Waals surface area contributed by atoms with Crippen molar-refractivity contribution in [3.8, 4) is 11.5 Å². The lowest BCUT2D eigenvalue weighted by atomic mass is 10.0. The summed E-state index contributed by atoms with van der Waals surface area (Å²) in [7, 11) is 1.98. The summed E-state index contributed by atoms with van der Waals surface area (Å²) in [6.45, 7) is 1.000. The average Bonchev–Trinajstić information content (AvgIpc) is 2.83. The molecule has 0 aromatic heterocycles. The molecule has 154 valence electrons. The first-order valence-corrected chi connectivity index (χ1v) is 10.3.